The predicted molar refractivity (Wildman–Crippen MR) is 71.1 cm³/mol. The van der Waals surface area contributed by atoms with E-state index in [0.717, 1.165) is 12.0 Å². The van der Waals surface area contributed by atoms with Crippen LogP contribution in [0.1, 0.15) is 24.8 Å². The molecule has 5 nitrogen and oxygen atoms in total. The Labute approximate surface area is 116 Å². The van der Waals surface area contributed by atoms with Crippen molar-refractivity contribution in [3.05, 3.63) is 23.0 Å². The minimum absolute atomic E-state index is 0.212. The highest BCUT2D eigenvalue weighted by Gasteiger charge is 2.37. The summed E-state index contributed by atoms with van der Waals surface area (Å²) in [4.78, 5) is 27.2. The summed E-state index contributed by atoms with van der Waals surface area (Å²) in [7, 11) is 0. The van der Waals surface area contributed by atoms with Gasteiger partial charge in [0.1, 0.15) is 0 Å². The molecular weight excluding hydrogens is 268 g/mol. The third kappa shape index (κ3) is 3.04. The number of aliphatic carboxylic acids is 1. The van der Waals surface area contributed by atoms with E-state index < -0.39 is 17.8 Å². The number of carbonyl (C=O) groups excluding carboxylic acids is 1. The molecule has 1 aromatic heterocycles. The molecule has 1 amide bonds. The lowest BCUT2D eigenvalue weighted by molar-refractivity contribution is -0.145. The first-order valence-corrected chi connectivity index (χ1v) is 6.52. The van der Waals surface area contributed by atoms with Crippen LogP contribution in [0.15, 0.2) is 12.3 Å². The zero-order valence-electron chi connectivity index (χ0n) is 10.5. The highest BCUT2D eigenvalue weighted by Crippen LogP contribution is 2.33. The first-order valence-electron chi connectivity index (χ1n) is 6.15. The molecule has 2 rings (SSSR count). The summed E-state index contributed by atoms with van der Waals surface area (Å²) in [6.07, 6.45) is 3.51. The van der Waals surface area contributed by atoms with Gasteiger partial charge in [-0.05, 0) is 31.4 Å². The number of nitrogens with one attached hydrogen (secondary N) is 1. The monoisotopic (exact) mass is 282 g/mol. The van der Waals surface area contributed by atoms with E-state index in [9.17, 15) is 9.59 Å². The fraction of sp³-hybridized carbons (Fsp3) is 0.462. The lowest BCUT2D eigenvalue weighted by Gasteiger charge is -2.16. The summed E-state index contributed by atoms with van der Waals surface area (Å²) >= 11 is 5.90. The number of hydrogen-bond acceptors (Lipinski definition) is 3. The Bertz CT molecular complexity index is 519. The van der Waals surface area contributed by atoms with Crippen molar-refractivity contribution in [1.82, 2.24) is 4.98 Å². The second kappa shape index (κ2) is 5.57. The standard InChI is InChI=1S/C13H15ClN2O3/c1-7-5-10(11(14)15-6-7)16-12(17)8-3-2-4-9(8)13(18)19/h5-6,8-9H,2-4H2,1H3,(H,16,17)(H,18,19). The number of carbonyl (C=O) groups is 2. The van der Waals surface area contributed by atoms with Crippen LogP contribution < -0.4 is 5.32 Å². The lowest BCUT2D eigenvalue weighted by Crippen LogP contribution is -2.30. The summed E-state index contributed by atoms with van der Waals surface area (Å²) in [5.74, 6) is -2.30. The SMILES string of the molecule is Cc1cnc(Cl)c(NC(=O)C2CCCC2C(=O)O)c1. The number of halogens is 1. The average molecular weight is 283 g/mol. The first kappa shape index (κ1) is 13.8. The summed E-state index contributed by atoms with van der Waals surface area (Å²) < 4.78 is 0. The molecule has 2 unspecified atom stereocenters. The van der Waals surface area contributed by atoms with Crippen LogP contribution in [0.4, 0.5) is 5.69 Å². The van der Waals surface area contributed by atoms with E-state index >= 15 is 0 Å². The maximum atomic E-state index is 12.1. The average Bonchev–Trinajstić information content (AvgIpc) is 2.83. The van der Waals surface area contributed by atoms with Gasteiger partial charge in [0.2, 0.25) is 5.91 Å². The molecule has 19 heavy (non-hydrogen) atoms. The zero-order chi connectivity index (χ0) is 14.0. The largest absolute Gasteiger partial charge is 0.481 e. The first-order chi connectivity index (χ1) is 8.99. The molecule has 0 aromatic carbocycles. The van der Waals surface area contributed by atoms with E-state index in [1.165, 1.54) is 0 Å². The van der Waals surface area contributed by atoms with Crippen LogP contribution in [0.5, 0.6) is 0 Å². The Balaban J connectivity index is 2.12. The molecule has 0 saturated heterocycles. The number of pyridine rings is 1. The molecule has 1 aliphatic carbocycles. The van der Waals surface area contributed by atoms with E-state index in [1.54, 1.807) is 12.3 Å². The minimum Gasteiger partial charge on any atom is -0.481 e. The Hall–Kier alpha value is -1.62. The van der Waals surface area contributed by atoms with Crippen molar-refractivity contribution in [2.24, 2.45) is 11.8 Å². The second-order valence-corrected chi connectivity index (χ2v) is 5.18. The molecule has 2 atom stereocenters. The quantitative estimate of drug-likeness (QED) is 0.835. The fourth-order valence-electron chi connectivity index (χ4n) is 2.44. The summed E-state index contributed by atoms with van der Waals surface area (Å²) in [5, 5.41) is 12.0. The van der Waals surface area contributed by atoms with Gasteiger partial charge in [-0.1, -0.05) is 18.0 Å². The molecule has 0 spiro atoms. The van der Waals surface area contributed by atoms with Gasteiger partial charge in [0.25, 0.3) is 0 Å². The Morgan fingerprint density at radius 3 is 2.79 bits per heavy atom. The van der Waals surface area contributed by atoms with Crippen LogP contribution in [0.25, 0.3) is 0 Å². The van der Waals surface area contributed by atoms with Crippen LogP contribution in [0.2, 0.25) is 5.15 Å². The van der Waals surface area contributed by atoms with Gasteiger partial charge in [0, 0.05) is 6.20 Å². The normalized spacial score (nSPS) is 22.2. The Kier molecular flexibility index (Phi) is 4.04. The summed E-state index contributed by atoms with van der Waals surface area (Å²) in [6.45, 7) is 1.84. The third-order valence-corrected chi connectivity index (χ3v) is 3.70. The number of rotatable bonds is 3. The van der Waals surface area contributed by atoms with Crippen molar-refractivity contribution >= 4 is 29.2 Å². The molecule has 1 fully saturated rings. The van der Waals surface area contributed by atoms with Gasteiger partial charge in [-0.3, -0.25) is 9.59 Å². The number of carboxylic acids is 1. The van der Waals surface area contributed by atoms with Crippen LogP contribution in [0, 0.1) is 18.8 Å². The van der Waals surface area contributed by atoms with Gasteiger partial charge in [-0.25, -0.2) is 4.98 Å². The lowest BCUT2D eigenvalue weighted by atomic mass is 9.95. The highest BCUT2D eigenvalue weighted by atomic mass is 35.5. The molecule has 1 saturated carbocycles. The van der Waals surface area contributed by atoms with Gasteiger partial charge in [0.05, 0.1) is 17.5 Å². The highest BCUT2D eigenvalue weighted by molar-refractivity contribution is 6.32. The number of carboxylic acid groups (broad SMARTS) is 1. The molecule has 1 aliphatic rings. The topological polar surface area (TPSA) is 79.3 Å². The second-order valence-electron chi connectivity index (χ2n) is 4.82. The van der Waals surface area contributed by atoms with Crippen LogP contribution in [-0.4, -0.2) is 22.0 Å². The van der Waals surface area contributed by atoms with Crippen molar-refractivity contribution in [2.45, 2.75) is 26.2 Å². The number of anilines is 1. The number of hydrogen-bond donors (Lipinski definition) is 2. The minimum atomic E-state index is -0.911. The van der Waals surface area contributed by atoms with Crippen molar-refractivity contribution < 1.29 is 14.7 Å². The van der Waals surface area contributed by atoms with E-state index in [-0.39, 0.29) is 11.1 Å². The van der Waals surface area contributed by atoms with Gasteiger partial charge < -0.3 is 10.4 Å². The molecule has 0 aliphatic heterocycles. The van der Waals surface area contributed by atoms with Crippen molar-refractivity contribution in [2.75, 3.05) is 5.32 Å². The summed E-state index contributed by atoms with van der Waals surface area (Å²) in [6, 6.07) is 1.72. The number of aromatic nitrogens is 1. The van der Waals surface area contributed by atoms with E-state index in [4.69, 9.17) is 16.7 Å². The van der Waals surface area contributed by atoms with Gasteiger partial charge in [0.15, 0.2) is 5.15 Å². The maximum Gasteiger partial charge on any atom is 0.307 e. The molecular formula is C13H15ClN2O3. The molecule has 0 bridgehead atoms. The van der Waals surface area contributed by atoms with Crippen LogP contribution in [0.3, 0.4) is 0 Å². The van der Waals surface area contributed by atoms with Crippen molar-refractivity contribution in [3.63, 3.8) is 0 Å². The van der Waals surface area contributed by atoms with Crippen molar-refractivity contribution in [3.8, 4) is 0 Å². The van der Waals surface area contributed by atoms with E-state index in [1.807, 2.05) is 6.92 Å². The van der Waals surface area contributed by atoms with Gasteiger partial charge in [-0.2, -0.15) is 0 Å². The van der Waals surface area contributed by atoms with Crippen molar-refractivity contribution in [1.29, 1.82) is 0 Å². The maximum absolute atomic E-state index is 12.1. The fourth-order valence-corrected chi connectivity index (χ4v) is 2.59. The Morgan fingerprint density at radius 1 is 1.42 bits per heavy atom. The molecule has 102 valence electrons. The zero-order valence-corrected chi connectivity index (χ0v) is 11.3. The predicted octanol–water partition coefficient (Wildman–Crippen LogP) is 2.48. The molecule has 2 N–H and O–H groups in total. The molecule has 1 heterocycles. The number of nitrogens with zero attached hydrogens (tertiary/aromatic N) is 1. The molecule has 6 heteroatoms. The molecule has 0 radical (unpaired) electrons. The van der Waals surface area contributed by atoms with Gasteiger partial charge in [-0.15, -0.1) is 0 Å². The smallest absolute Gasteiger partial charge is 0.307 e. The van der Waals surface area contributed by atoms with Crippen LogP contribution in [-0.2, 0) is 9.59 Å². The number of aryl methyl sites for hydroxylation is 1. The third-order valence-electron chi connectivity index (χ3n) is 3.40. The van der Waals surface area contributed by atoms with E-state index in [0.29, 0.717) is 18.5 Å². The van der Waals surface area contributed by atoms with Crippen LogP contribution >= 0.6 is 11.6 Å². The molecule has 1 aromatic rings. The van der Waals surface area contributed by atoms with E-state index in [2.05, 4.69) is 10.3 Å². The summed E-state index contributed by atoms with van der Waals surface area (Å²) in [5.41, 5.74) is 1.31. The van der Waals surface area contributed by atoms with Gasteiger partial charge >= 0.3 is 5.97 Å². The Morgan fingerprint density at radius 2 is 2.11 bits per heavy atom. The number of amides is 1.